The highest BCUT2D eigenvalue weighted by molar-refractivity contribution is 6.07. The second-order valence-corrected chi connectivity index (χ2v) is 4.43. The van der Waals surface area contributed by atoms with E-state index in [1.54, 1.807) is 25.5 Å². The summed E-state index contributed by atoms with van der Waals surface area (Å²) in [5.41, 5.74) is 2.47. The predicted octanol–water partition coefficient (Wildman–Crippen LogP) is 3.12. The Kier molecular flexibility index (Phi) is 4.35. The van der Waals surface area contributed by atoms with Gasteiger partial charge in [-0.25, -0.2) is 0 Å². The molecule has 0 aliphatic rings. The molecule has 0 radical (unpaired) electrons. The van der Waals surface area contributed by atoms with Crippen LogP contribution in [0, 0.1) is 6.92 Å². The molecule has 0 saturated carbocycles. The number of ether oxygens (including phenoxy) is 1. The second kappa shape index (κ2) is 6.19. The van der Waals surface area contributed by atoms with E-state index in [4.69, 9.17) is 4.74 Å². The zero-order valence-corrected chi connectivity index (χ0v) is 12.0. The molecule has 4 nitrogen and oxygen atoms in total. The fourth-order valence-corrected chi connectivity index (χ4v) is 2.01. The average Bonchev–Trinajstić information content (AvgIpc) is 2.86. The van der Waals surface area contributed by atoms with Gasteiger partial charge in [0.05, 0.1) is 18.9 Å². The van der Waals surface area contributed by atoms with E-state index >= 15 is 0 Å². The molecule has 2 aromatic rings. The van der Waals surface area contributed by atoms with Gasteiger partial charge in [0.2, 0.25) is 0 Å². The van der Waals surface area contributed by atoms with Crippen LogP contribution in [0.25, 0.3) is 6.08 Å². The highest BCUT2D eigenvalue weighted by Crippen LogP contribution is 2.15. The van der Waals surface area contributed by atoms with Gasteiger partial charge < -0.3 is 4.74 Å². The van der Waals surface area contributed by atoms with Gasteiger partial charge in [0.1, 0.15) is 5.75 Å². The molecule has 0 aliphatic heterocycles. The summed E-state index contributed by atoms with van der Waals surface area (Å²) in [7, 11) is 1.62. The largest absolute Gasteiger partial charge is 0.497 e. The Hall–Kier alpha value is -2.36. The number of carbonyl (C=O) groups is 1. The number of aryl methyl sites for hydroxylation is 1. The SMILES string of the molecule is CCn1ncc(C(=O)/C=C/c2cccc(OC)c2)c1C. The van der Waals surface area contributed by atoms with E-state index in [1.165, 1.54) is 0 Å². The molecular weight excluding hydrogens is 252 g/mol. The first-order valence-electron chi connectivity index (χ1n) is 6.54. The number of benzene rings is 1. The maximum absolute atomic E-state index is 12.2. The zero-order chi connectivity index (χ0) is 14.5. The van der Waals surface area contributed by atoms with Crippen LogP contribution in [-0.4, -0.2) is 22.7 Å². The summed E-state index contributed by atoms with van der Waals surface area (Å²) in [6.07, 6.45) is 4.98. The molecule has 1 aromatic heterocycles. The van der Waals surface area contributed by atoms with Crippen LogP contribution in [0.1, 0.15) is 28.5 Å². The number of carbonyl (C=O) groups excluding carboxylic acids is 1. The summed E-state index contributed by atoms with van der Waals surface area (Å²) < 4.78 is 6.96. The van der Waals surface area contributed by atoms with E-state index < -0.39 is 0 Å². The maximum atomic E-state index is 12.2. The van der Waals surface area contributed by atoms with Crippen molar-refractivity contribution in [1.29, 1.82) is 0 Å². The molecule has 0 fully saturated rings. The van der Waals surface area contributed by atoms with Gasteiger partial charge in [-0.2, -0.15) is 5.10 Å². The molecule has 20 heavy (non-hydrogen) atoms. The van der Waals surface area contributed by atoms with Gasteiger partial charge in [0, 0.05) is 12.2 Å². The summed E-state index contributed by atoms with van der Waals surface area (Å²) in [6, 6.07) is 7.57. The van der Waals surface area contributed by atoms with Crippen LogP contribution in [0.4, 0.5) is 0 Å². The lowest BCUT2D eigenvalue weighted by Gasteiger charge is -2.00. The normalized spacial score (nSPS) is 10.9. The molecule has 0 N–H and O–H groups in total. The number of nitrogens with zero attached hydrogens (tertiary/aromatic N) is 2. The van der Waals surface area contributed by atoms with E-state index in [1.807, 2.05) is 42.8 Å². The number of hydrogen-bond acceptors (Lipinski definition) is 3. The molecule has 0 bridgehead atoms. The van der Waals surface area contributed by atoms with Crippen molar-refractivity contribution in [2.45, 2.75) is 20.4 Å². The third kappa shape index (κ3) is 2.96. The first-order chi connectivity index (χ1) is 9.65. The number of rotatable bonds is 5. The molecule has 0 atom stereocenters. The Labute approximate surface area is 118 Å². The van der Waals surface area contributed by atoms with Crippen LogP contribution in [0.2, 0.25) is 0 Å². The van der Waals surface area contributed by atoms with E-state index in [0.29, 0.717) is 5.56 Å². The first kappa shape index (κ1) is 14.1. The summed E-state index contributed by atoms with van der Waals surface area (Å²) in [5.74, 6) is 0.736. The number of aromatic nitrogens is 2. The molecule has 0 amide bonds. The lowest BCUT2D eigenvalue weighted by molar-refractivity contribution is 0.104. The number of methoxy groups -OCH3 is 1. The Bertz CT molecular complexity index is 642. The number of ketones is 1. The molecule has 2 rings (SSSR count). The lowest BCUT2D eigenvalue weighted by atomic mass is 10.1. The van der Waals surface area contributed by atoms with Crippen molar-refractivity contribution in [3.05, 3.63) is 53.4 Å². The van der Waals surface area contributed by atoms with Crippen LogP contribution in [0.5, 0.6) is 5.75 Å². The topological polar surface area (TPSA) is 44.1 Å². The fourth-order valence-electron chi connectivity index (χ4n) is 2.01. The van der Waals surface area contributed by atoms with Crippen LogP contribution in [-0.2, 0) is 6.54 Å². The van der Waals surface area contributed by atoms with Crippen molar-refractivity contribution in [3.8, 4) is 5.75 Å². The predicted molar refractivity (Wildman–Crippen MR) is 79.0 cm³/mol. The first-order valence-corrected chi connectivity index (χ1v) is 6.54. The summed E-state index contributed by atoms with van der Waals surface area (Å²) in [5, 5.41) is 4.18. The van der Waals surface area contributed by atoms with Gasteiger partial charge in [-0.3, -0.25) is 9.48 Å². The van der Waals surface area contributed by atoms with Gasteiger partial charge in [-0.05, 0) is 37.6 Å². The lowest BCUT2D eigenvalue weighted by Crippen LogP contribution is -2.01. The number of hydrogen-bond donors (Lipinski definition) is 0. The minimum Gasteiger partial charge on any atom is -0.497 e. The molecule has 1 aromatic carbocycles. The van der Waals surface area contributed by atoms with Crippen LogP contribution in [0.3, 0.4) is 0 Å². The quantitative estimate of drug-likeness (QED) is 0.619. The highest BCUT2D eigenvalue weighted by atomic mass is 16.5. The molecule has 0 spiro atoms. The average molecular weight is 270 g/mol. The van der Waals surface area contributed by atoms with E-state index in [9.17, 15) is 4.79 Å². The van der Waals surface area contributed by atoms with Gasteiger partial charge in [0.25, 0.3) is 0 Å². The maximum Gasteiger partial charge on any atom is 0.189 e. The van der Waals surface area contributed by atoms with Gasteiger partial charge >= 0.3 is 0 Å². The van der Waals surface area contributed by atoms with Crippen molar-refractivity contribution in [2.75, 3.05) is 7.11 Å². The van der Waals surface area contributed by atoms with Gasteiger partial charge in [0.15, 0.2) is 5.78 Å². The Morgan fingerprint density at radius 2 is 2.25 bits per heavy atom. The minimum absolute atomic E-state index is 0.0370. The molecule has 0 aliphatic carbocycles. The highest BCUT2D eigenvalue weighted by Gasteiger charge is 2.10. The van der Waals surface area contributed by atoms with E-state index in [0.717, 1.165) is 23.6 Å². The van der Waals surface area contributed by atoms with Crippen molar-refractivity contribution in [3.63, 3.8) is 0 Å². The summed E-state index contributed by atoms with van der Waals surface area (Å²) in [4.78, 5) is 12.2. The third-order valence-electron chi connectivity index (χ3n) is 3.19. The van der Waals surface area contributed by atoms with E-state index in [-0.39, 0.29) is 5.78 Å². The van der Waals surface area contributed by atoms with E-state index in [2.05, 4.69) is 5.10 Å². The molecule has 1 heterocycles. The fraction of sp³-hybridized carbons (Fsp3) is 0.250. The van der Waals surface area contributed by atoms with Crippen molar-refractivity contribution in [1.82, 2.24) is 9.78 Å². The Morgan fingerprint density at radius 1 is 1.45 bits per heavy atom. The van der Waals surface area contributed by atoms with Crippen molar-refractivity contribution in [2.24, 2.45) is 0 Å². The minimum atomic E-state index is -0.0370. The summed E-state index contributed by atoms with van der Waals surface area (Å²) >= 11 is 0. The van der Waals surface area contributed by atoms with Crippen molar-refractivity contribution >= 4 is 11.9 Å². The smallest absolute Gasteiger partial charge is 0.189 e. The Morgan fingerprint density at radius 3 is 2.90 bits per heavy atom. The zero-order valence-electron chi connectivity index (χ0n) is 12.0. The molecular formula is C16H18N2O2. The molecule has 0 saturated heterocycles. The standard InChI is InChI=1S/C16H18N2O2/c1-4-18-12(2)15(11-17-18)16(19)9-8-13-6-5-7-14(10-13)20-3/h5-11H,4H2,1-3H3/b9-8+. The second-order valence-electron chi connectivity index (χ2n) is 4.43. The summed E-state index contributed by atoms with van der Waals surface area (Å²) in [6.45, 7) is 4.67. The van der Waals surface area contributed by atoms with Crippen molar-refractivity contribution < 1.29 is 9.53 Å². The Balaban J connectivity index is 2.17. The third-order valence-corrected chi connectivity index (χ3v) is 3.19. The van der Waals surface area contributed by atoms with Gasteiger partial charge in [-0.1, -0.05) is 18.2 Å². The molecule has 4 heteroatoms. The molecule has 0 unspecified atom stereocenters. The van der Waals surface area contributed by atoms with Crippen LogP contribution >= 0.6 is 0 Å². The number of allylic oxidation sites excluding steroid dienone is 1. The van der Waals surface area contributed by atoms with Gasteiger partial charge in [-0.15, -0.1) is 0 Å². The molecule has 104 valence electrons. The van der Waals surface area contributed by atoms with Crippen LogP contribution < -0.4 is 4.74 Å². The van der Waals surface area contributed by atoms with Crippen LogP contribution in [0.15, 0.2) is 36.5 Å². The monoisotopic (exact) mass is 270 g/mol.